The van der Waals surface area contributed by atoms with Crippen LogP contribution in [0.4, 0.5) is 8.78 Å². The molecule has 37 heavy (non-hydrogen) atoms. The second-order valence-electron chi connectivity index (χ2n) is 8.58. The largest absolute Gasteiger partial charge is 0.490 e. The molecule has 0 aliphatic heterocycles. The van der Waals surface area contributed by atoms with E-state index in [0.717, 1.165) is 53.3 Å². The number of halogens is 2. The molecule has 0 amide bonds. The van der Waals surface area contributed by atoms with Gasteiger partial charge in [-0.3, -0.25) is 0 Å². The first-order valence-electron chi connectivity index (χ1n) is 12.2. The molecule has 0 radical (unpaired) electrons. The molecule has 188 valence electrons. The molecule has 0 unspecified atom stereocenters. The van der Waals surface area contributed by atoms with Crippen molar-refractivity contribution in [1.82, 2.24) is 0 Å². The summed E-state index contributed by atoms with van der Waals surface area (Å²) in [5.41, 5.74) is 5.90. The second-order valence-corrected chi connectivity index (χ2v) is 8.58. The Morgan fingerprint density at radius 1 is 0.757 bits per heavy atom. The lowest BCUT2D eigenvalue weighted by Crippen LogP contribution is -2.10. The molecule has 4 aromatic carbocycles. The van der Waals surface area contributed by atoms with Crippen molar-refractivity contribution >= 4 is 5.97 Å². The number of rotatable bonds is 10. The predicted octanol–water partition coefficient (Wildman–Crippen LogP) is 8.03. The fourth-order valence-corrected chi connectivity index (χ4v) is 4.11. The number of benzene rings is 4. The van der Waals surface area contributed by atoms with Gasteiger partial charge in [-0.2, -0.15) is 0 Å². The average Bonchev–Trinajstić information content (AvgIpc) is 2.92. The Bertz CT molecular complexity index is 1340. The van der Waals surface area contributed by atoms with Crippen LogP contribution in [0.1, 0.15) is 18.9 Å². The summed E-state index contributed by atoms with van der Waals surface area (Å²) in [6.45, 7) is 5.38. The molecule has 0 spiro atoms. The highest BCUT2D eigenvalue weighted by molar-refractivity contribution is 5.81. The molecule has 4 rings (SSSR count). The molecule has 0 fully saturated rings. The minimum absolute atomic E-state index is 0.0186. The van der Waals surface area contributed by atoms with Crippen LogP contribution in [0.25, 0.3) is 33.4 Å². The Balaban J connectivity index is 1.44. The summed E-state index contributed by atoms with van der Waals surface area (Å²) in [4.78, 5) is 11.0. The smallest absolute Gasteiger partial charge is 0.330 e. The van der Waals surface area contributed by atoms with E-state index in [1.807, 2.05) is 24.3 Å². The second kappa shape index (κ2) is 12.1. The minimum Gasteiger partial charge on any atom is -0.490 e. The predicted molar refractivity (Wildman–Crippen MR) is 143 cm³/mol. The van der Waals surface area contributed by atoms with Gasteiger partial charge in [0.2, 0.25) is 0 Å². The number of hydrogen-bond acceptors (Lipinski definition) is 3. The monoisotopic (exact) mass is 498 g/mol. The SMILES string of the molecule is C=CC(=O)OCCOc1cc(F)c(-c2ccc(-c3ccc(-c4ccc(CCC)cc4)cc3)cc2)c(F)c1. The van der Waals surface area contributed by atoms with E-state index in [0.29, 0.717) is 5.56 Å². The van der Waals surface area contributed by atoms with E-state index in [9.17, 15) is 13.6 Å². The number of aryl methyl sites for hydroxylation is 1. The third kappa shape index (κ3) is 6.50. The van der Waals surface area contributed by atoms with Crippen molar-refractivity contribution in [3.63, 3.8) is 0 Å². The number of ether oxygens (including phenoxy) is 2. The quantitative estimate of drug-likeness (QED) is 0.126. The summed E-state index contributed by atoms with van der Waals surface area (Å²) in [6.07, 6.45) is 3.24. The van der Waals surface area contributed by atoms with Gasteiger partial charge in [-0.1, -0.05) is 92.7 Å². The van der Waals surface area contributed by atoms with Crippen LogP contribution in [-0.2, 0) is 16.0 Å². The number of esters is 1. The zero-order chi connectivity index (χ0) is 26.2. The summed E-state index contributed by atoms with van der Waals surface area (Å²) < 4.78 is 39.6. The Morgan fingerprint density at radius 2 is 1.22 bits per heavy atom. The lowest BCUT2D eigenvalue weighted by atomic mass is 9.97. The molecule has 0 saturated heterocycles. The van der Waals surface area contributed by atoms with Crippen LogP contribution in [0.15, 0.2) is 97.6 Å². The van der Waals surface area contributed by atoms with Gasteiger partial charge >= 0.3 is 5.97 Å². The molecule has 0 heterocycles. The van der Waals surface area contributed by atoms with Crippen LogP contribution in [0.3, 0.4) is 0 Å². The van der Waals surface area contributed by atoms with E-state index in [1.54, 1.807) is 12.1 Å². The summed E-state index contributed by atoms with van der Waals surface area (Å²) in [6, 6.07) is 26.2. The molecule has 0 bridgehead atoms. The summed E-state index contributed by atoms with van der Waals surface area (Å²) in [7, 11) is 0. The van der Waals surface area contributed by atoms with E-state index in [1.165, 1.54) is 5.56 Å². The van der Waals surface area contributed by atoms with Gasteiger partial charge in [0, 0.05) is 18.2 Å². The molecule has 0 aromatic heterocycles. The maximum absolute atomic E-state index is 14.8. The lowest BCUT2D eigenvalue weighted by Gasteiger charge is -2.11. The fourth-order valence-electron chi connectivity index (χ4n) is 4.11. The highest BCUT2D eigenvalue weighted by Gasteiger charge is 2.14. The molecule has 0 N–H and O–H groups in total. The third-order valence-electron chi connectivity index (χ3n) is 6.00. The third-order valence-corrected chi connectivity index (χ3v) is 6.00. The van der Waals surface area contributed by atoms with Crippen molar-refractivity contribution in [3.05, 3.63) is 115 Å². The maximum Gasteiger partial charge on any atom is 0.330 e. The van der Waals surface area contributed by atoms with Gasteiger partial charge in [-0.25, -0.2) is 13.6 Å². The molecule has 0 saturated carbocycles. The number of hydrogen-bond donors (Lipinski definition) is 0. The maximum atomic E-state index is 14.8. The van der Waals surface area contributed by atoms with Crippen molar-refractivity contribution in [2.24, 2.45) is 0 Å². The molecule has 0 aliphatic rings. The first-order valence-corrected chi connectivity index (χ1v) is 12.2. The van der Waals surface area contributed by atoms with Gasteiger partial charge in [0.05, 0.1) is 5.56 Å². The Labute approximate surface area is 216 Å². The van der Waals surface area contributed by atoms with E-state index < -0.39 is 17.6 Å². The van der Waals surface area contributed by atoms with Crippen LogP contribution in [0, 0.1) is 11.6 Å². The highest BCUT2D eigenvalue weighted by Crippen LogP contribution is 2.32. The molecule has 0 atom stereocenters. The number of carbonyl (C=O) groups is 1. The molecule has 4 aromatic rings. The first kappa shape index (κ1) is 25.8. The standard InChI is InChI=1S/C32H28F2O3/c1-3-5-22-6-8-23(9-7-22)24-10-12-25(13-11-24)26-14-16-27(17-15-26)32-29(33)20-28(21-30(32)34)36-18-19-37-31(35)4-2/h4,6-17,20-21H,2-3,5,18-19H2,1H3. The van der Waals surface area contributed by atoms with Gasteiger partial charge in [-0.15, -0.1) is 0 Å². The molecule has 5 heteroatoms. The zero-order valence-electron chi connectivity index (χ0n) is 20.7. The van der Waals surface area contributed by atoms with Gasteiger partial charge in [0.25, 0.3) is 0 Å². The Kier molecular flexibility index (Phi) is 8.47. The summed E-state index contributed by atoms with van der Waals surface area (Å²) in [5, 5.41) is 0. The first-order chi connectivity index (χ1) is 18.0. The molecular formula is C32H28F2O3. The zero-order valence-corrected chi connectivity index (χ0v) is 20.7. The van der Waals surface area contributed by atoms with Gasteiger partial charge in [-0.05, 0) is 39.8 Å². The lowest BCUT2D eigenvalue weighted by molar-refractivity contribution is -0.138. The summed E-state index contributed by atoms with van der Waals surface area (Å²) >= 11 is 0. The van der Waals surface area contributed by atoms with Crippen LogP contribution in [0.2, 0.25) is 0 Å². The minimum atomic E-state index is -0.736. The van der Waals surface area contributed by atoms with E-state index >= 15 is 0 Å². The topological polar surface area (TPSA) is 35.5 Å². The van der Waals surface area contributed by atoms with Gasteiger partial charge in [0.1, 0.15) is 30.6 Å². The van der Waals surface area contributed by atoms with E-state index in [4.69, 9.17) is 9.47 Å². The molecule has 3 nitrogen and oxygen atoms in total. The fraction of sp³-hybridized carbons (Fsp3) is 0.156. The van der Waals surface area contributed by atoms with Crippen molar-refractivity contribution in [2.45, 2.75) is 19.8 Å². The Hall–Kier alpha value is -4.25. The number of carbonyl (C=O) groups excluding carboxylic acids is 1. The molecular weight excluding hydrogens is 470 g/mol. The van der Waals surface area contributed by atoms with Crippen LogP contribution in [-0.4, -0.2) is 19.2 Å². The van der Waals surface area contributed by atoms with Crippen molar-refractivity contribution in [1.29, 1.82) is 0 Å². The van der Waals surface area contributed by atoms with Gasteiger partial charge < -0.3 is 9.47 Å². The van der Waals surface area contributed by atoms with E-state index in [-0.39, 0.29) is 24.5 Å². The van der Waals surface area contributed by atoms with Crippen molar-refractivity contribution in [2.75, 3.05) is 13.2 Å². The summed E-state index contributed by atoms with van der Waals surface area (Å²) in [5.74, 6) is -2.04. The average molecular weight is 499 g/mol. The van der Waals surface area contributed by atoms with E-state index in [2.05, 4.69) is 49.9 Å². The Morgan fingerprint density at radius 3 is 1.68 bits per heavy atom. The van der Waals surface area contributed by atoms with Crippen LogP contribution >= 0.6 is 0 Å². The van der Waals surface area contributed by atoms with Crippen molar-refractivity contribution < 1.29 is 23.0 Å². The molecule has 0 aliphatic carbocycles. The normalized spacial score (nSPS) is 10.7. The van der Waals surface area contributed by atoms with Crippen molar-refractivity contribution in [3.8, 4) is 39.1 Å². The highest BCUT2D eigenvalue weighted by atomic mass is 19.1. The van der Waals surface area contributed by atoms with Crippen LogP contribution in [0.5, 0.6) is 5.75 Å². The van der Waals surface area contributed by atoms with Crippen LogP contribution < -0.4 is 4.74 Å². The van der Waals surface area contributed by atoms with Gasteiger partial charge in [0.15, 0.2) is 0 Å².